The van der Waals surface area contributed by atoms with E-state index in [1.54, 1.807) is 0 Å². The maximum atomic E-state index is 12.4. The molecule has 0 spiro atoms. The van der Waals surface area contributed by atoms with Crippen LogP contribution in [-0.2, 0) is 6.42 Å². The zero-order chi connectivity index (χ0) is 27.3. The van der Waals surface area contributed by atoms with E-state index >= 15 is 0 Å². The van der Waals surface area contributed by atoms with Gasteiger partial charge in [-0.1, -0.05) is 61.2 Å². The second kappa shape index (κ2) is 12.5. The fourth-order valence-electron chi connectivity index (χ4n) is 6.91. The zero-order valence-electron chi connectivity index (χ0n) is 23.9. The van der Waals surface area contributed by atoms with Crippen LogP contribution in [-0.4, -0.2) is 17.8 Å². The molecule has 0 aliphatic heterocycles. The molecule has 4 aromatic rings. The van der Waals surface area contributed by atoms with E-state index in [2.05, 4.69) is 78.6 Å². The number of aromatic nitrogens is 1. The minimum Gasteiger partial charge on any atom is -0.490 e. The maximum Gasteiger partial charge on any atom is 0.119 e. The molecule has 40 heavy (non-hydrogen) atoms. The number of allylic oxidation sites excluding steroid dienone is 1. The normalized spacial score (nSPS) is 19.4. The van der Waals surface area contributed by atoms with Gasteiger partial charge in [0.05, 0.1) is 12.8 Å². The monoisotopic (exact) mass is 535 g/mol. The van der Waals surface area contributed by atoms with Gasteiger partial charge in [0.25, 0.3) is 0 Å². The Morgan fingerprint density at radius 2 is 1.65 bits per heavy atom. The number of rotatable bonds is 9. The molecule has 0 bridgehead atoms. The maximum absolute atomic E-state index is 12.4. The summed E-state index contributed by atoms with van der Waals surface area (Å²) < 4.78 is 18.8. The predicted molar refractivity (Wildman–Crippen MR) is 166 cm³/mol. The standard InChI is InChI=1S/C37H42FNO/c1-26-9-19-35-29(24-26)7-5-8-34(30-14-20-36-31(25-30)21-23-39-36)37(35)28-12-17-33(18-13-28)40-32-15-10-27(11-16-32)6-3-2-4-22-38/h9,12-14,17-21,23-25,27,32,39H,2-8,10-11,15-16,22H2,1H3. The minimum atomic E-state index is -0.173. The lowest BCUT2D eigenvalue weighted by molar-refractivity contribution is 0.127. The largest absolute Gasteiger partial charge is 0.490 e. The summed E-state index contributed by atoms with van der Waals surface area (Å²) >= 11 is 0. The van der Waals surface area contributed by atoms with E-state index in [-0.39, 0.29) is 6.67 Å². The third-order valence-electron chi connectivity index (χ3n) is 9.09. The molecule has 0 radical (unpaired) electrons. The van der Waals surface area contributed by atoms with Crippen molar-refractivity contribution in [3.05, 3.63) is 101 Å². The van der Waals surface area contributed by atoms with E-state index in [1.165, 1.54) is 75.5 Å². The lowest BCUT2D eigenvalue weighted by Gasteiger charge is -2.29. The zero-order valence-corrected chi connectivity index (χ0v) is 23.9. The Kier molecular flexibility index (Phi) is 8.37. The quantitative estimate of drug-likeness (QED) is 0.212. The number of hydrogen-bond acceptors (Lipinski definition) is 1. The molecule has 3 heteroatoms. The van der Waals surface area contributed by atoms with Crippen LogP contribution in [0.4, 0.5) is 4.39 Å². The van der Waals surface area contributed by atoms with Crippen LogP contribution in [0.1, 0.15) is 92.0 Å². The fourth-order valence-corrected chi connectivity index (χ4v) is 6.91. The second-order valence-corrected chi connectivity index (χ2v) is 12.0. The van der Waals surface area contributed by atoms with Gasteiger partial charge in [-0.15, -0.1) is 0 Å². The molecular weight excluding hydrogens is 493 g/mol. The topological polar surface area (TPSA) is 25.0 Å². The Morgan fingerprint density at radius 3 is 2.48 bits per heavy atom. The van der Waals surface area contributed by atoms with Crippen molar-refractivity contribution >= 4 is 22.0 Å². The van der Waals surface area contributed by atoms with E-state index in [0.29, 0.717) is 6.10 Å². The molecule has 1 fully saturated rings. The SMILES string of the molecule is Cc1ccc2c(c1)CCCC(c1ccc3[nH]ccc3c1)=C2c1ccc(OC2CCC(CCCCCF)CC2)cc1. The molecule has 1 saturated carbocycles. The number of halogens is 1. The van der Waals surface area contributed by atoms with E-state index < -0.39 is 0 Å². The summed E-state index contributed by atoms with van der Waals surface area (Å²) in [6.45, 7) is 2.02. The smallest absolute Gasteiger partial charge is 0.119 e. The molecule has 2 nitrogen and oxygen atoms in total. The molecule has 1 heterocycles. The van der Waals surface area contributed by atoms with Crippen LogP contribution in [0.25, 0.3) is 22.0 Å². The molecule has 1 N–H and O–H groups in total. The average molecular weight is 536 g/mol. The van der Waals surface area contributed by atoms with Gasteiger partial charge < -0.3 is 9.72 Å². The van der Waals surface area contributed by atoms with Gasteiger partial charge in [0.15, 0.2) is 0 Å². The average Bonchev–Trinajstić information content (AvgIpc) is 3.37. The Balaban J connectivity index is 1.24. The number of unbranched alkanes of at least 4 members (excludes halogenated alkanes) is 2. The van der Waals surface area contributed by atoms with Crippen molar-refractivity contribution in [3.63, 3.8) is 0 Å². The first-order chi connectivity index (χ1) is 19.7. The van der Waals surface area contributed by atoms with Gasteiger partial charge in [0.2, 0.25) is 0 Å². The first-order valence-corrected chi connectivity index (χ1v) is 15.4. The fraction of sp³-hybridized carbons (Fsp3) is 0.405. The number of fused-ring (bicyclic) bond motifs is 2. The molecule has 6 rings (SSSR count). The highest BCUT2D eigenvalue weighted by atomic mass is 19.1. The number of ether oxygens (including phenoxy) is 1. The molecule has 0 amide bonds. The lowest BCUT2D eigenvalue weighted by atomic mass is 9.84. The first-order valence-electron chi connectivity index (χ1n) is 15.4. The van der Waals surface area contributed by atoms with Crippen molar-refractivity contribution in [1.29, 1.82) is 0 Å². The van der Waals surface area contributed by atoms with E-state index in [9.17, 15) is 4.39 Å². The molecule has 0 unspecified atom stereocenters. The summed E-state index contributed by atoms with van der Waals surface area (Å²) in [5.74, 6) is 1.76. The number of benzene rings is 3. The van der Waals surface area contributed by atoms with Gasteiger partial charge in [0, 0.05) is 11.7 Å². The molecule has 208 valence electrons. The highest BCUT2D eigenvalue weighted by Gasteiger charge is 2.23. The number of hydrogen-bond donors (Lipinski definition) is 1. The van der Waals surface area contributed by atoms with Crippen LogP contribution in [0.5, 0.6) is 5.75 Å². The van der Waals surface area contributed by atoms with Crippen molar-refractivity contribution in [2.45, 2.75) is 83.7 Å². The van der Waals surface area contributed by atoms with Crippen LogP contribution in [0.2, 0.25) is 0 Å². The molecule has 2 aliphatic rings. The highest BCUT2D eigenvalue weighted by molar-refractivity contribution is 6.01. The van der Waals surface area contributed by atoms with Gasteiger partial charge >= 0.3 is 0 Å². The van der Waals surface area contributed by atoms with Crippen molar-refractivity contribution < 1.29 is 9.13 Å². The summed E-state index contributed by atoms with van der Waals surface area (Å²) in [6, 6.07) is 24.9. The Labute approximate surface area is 238 Å². The summed E-state index contributed by atoms with van der Waals surface area (Å²) in [5.41, 5.74) is 10.7. The van der Waals surface area contributed by atoms with Gasteiger partial charge in [-0.2, -0.15) is 0 Å². The first kappa shape index (κ1) is 26.9. The van der Waals surface area contributed by atoms with Gasteiger partial charge in [-0.05, 0) is 133 Å². The molecule has 2 aliphatic carbocycles. The van der Waals surface area contributed by atoms with Crippen LogP contribution in [0, 0.1) is 12.8 Å². The van der Waals surface area contributed by atoms with E-state index in [4.69, 9.17) is 4.74 Å². The summed E-state index contributed by atoms with van der Waals surface area (Å²) in [6.07, 6.45) is 14.5. The predicted octanol–water partition coefficient (Wildman–Crippen LogP) is 10.2. The Bertz CT molecular complexity index is 1460. The van der Waals surface area contributed by atoms with Gasteiger partial charge in [-0.25, -0.2) is 0 Å². The molecular formula is C37H42FNO. The Hall–Kier alpha value is -3.33. The molecule has 0 saturated heterocycles. The minimum absolute atomic E-state index is 0.173. The number of aromatic amines is 1. The van der Waals surface area contributed by atoms with Gasteiger partial charge in [0.1, 0.15) is 5.75 Å². The number of alkyl halides is 1. The van der Waals surface area contributed by atoms with Crippen molar-refractivity contribution in [2.75, 3.05) is 6.67 Å². The van der Waals surface area contributed by atoms with Crippen LogP contribution in [0.3, 0.4) is 0 Å². The number of H-pyrrole nitrogens is 1. The van der Waals surface area contributed by atoms with Crippen LogP contribution in [0.15, 0.2) is 72.9 Å². The Morgan fingerprint density at radius 1 is 0.825 bits per heavy atom. The molecule has 0 atom stereocenters. The lowest BCUT2D eigenvalue weighted by Crippen LogP contribution is -2.24. The van der Waals surface area contributed by atoms with E-state index in [1.807, 2.05) is 6.20 Å². The van der Waals surface area contributed by atoms with Crippen molar-refractivity contribution in [3.8, 4) is 5.75 Å². The summed E-state index contributed by atoms with van der Waals surface area (Å²) in [5, 5.41) is 1.26. The molecule has 1 aromatic heterocycles. The number of aryl methyl sites for hydroxylation is 2. The van der Waals surface area contributed by atoms with Crippen LogP contribution < -0.4 is 4.74 Å². The van der Waals surface area contributed by atoms with E-state index in [0.717, 1.165) is 56.6 Å². The highest BCUT2D eigenvalue weighted by Crippen LogP contribution is 2.41. The summed E-state index contributed by atoms with van der Waals surface area (Å²) in [4.78, 5) is 3.34. The third-order valence-corrected chi connectivity index (χ3v) is 9.09. The summed E-state index contributed by atoms with van der Waals surface area (Å²) in [7, 11) is 0. The number of nitrogens with one attached hydrogen (secondary N) is 1. The second-order valence-electron chi connectivity index (χ2n) is 12.0. The third kappa shape index (κ3) is 6.04. The van der Waals surface area contributed by atoms with Crippen molar-refractivity contribution in [2.24, 2.45) is 5.92 Å². The van der Waals surface area contributed by atoms with Crippen molar-refractivity contribution in [1.82, 2.24) is 4.98 Å². The van der Waals surface area contributed by atoms with Gasteiger partial charge in [-0.3, -0.25) is 4.39 Å². The van der Waals surface area contributed by atoms with Crippen LogP contribution >= 0.6 is 0 Å². The molecule has 3 aromatic carbocycles.